The first-order valence-electron chi connectivity index (χ1n) is 7.59. The molecule has 8 heteroatoms. The van der Waals surface area contributed by atoms with Gasteiger partial charge in [0.15, 0.2) is 5.11 Å². The van der Waals surface area contributed by atoms with Crippen molar-refractivity contribution in [1.29, 1.82) is 0 Å². The molecule has 0 bridgehead atoms. The van der Waals surface area contributed by atoms with Crippen molar-refractivity contribution in [3.05, 3.63) is 69.8 Å². The van der Waals surface area contributed by atoms with E-state index in [1.807, 2.05) is 18.2 Å². The fourth-order valence-electron chi connectivity index (χ4n) is 2.13. The summed E-state index contributed by atoms with van der Waals surface area (Å²) >= 11 is 5.09. The molecule has 2 N–H and O–H groups in total. The Balaban J connectivity index is 2.01. The number of nitrogens with zero attached hydrogens (tertiary/aromatic N) is 1. The second kappa shape index (κ2) is 8.72. The molecule has 0 aromatic heterocycles. The molecule has 0 aliphatic heterocycles. The third-order valence-electron chi connectivity index (χ3n) is 3.47. The maximum absolute atomic E-state index is 12.0. The van der Waals surface area contributed by atoms with E-state index in [4.69, 9.17) is 17.0 Å². The summed E-state index contributed by atoms with van der Waals surface area (Å²) in [5.74, 6) is 0.209. The van der Waals surface area contributed by atoms with E-state index in [0.29, 0.717) is 11.4 Å². The molecule has 2 aromatic carbocycles. The summed E-state index contributed by atoms with van der Waals surface area (Å²) in [4.78, 5) is 22.4. The Bertz CT molecular complexity index is 880. The fourth-order valence-corrected chi connectivity index (χ4v) is 2.35. The number of hydrogen-bond acceptors (Lipinski definition) is 5. The highest BCUT2D eigenvalue weighted by Gasteiger charge is 2.10. The van der Waals surface area contributed by atoms with Crippen LogP contribution in [0.5, 0.6) is 5.75 Å². The molecule has 0 spiro atoms. The van der Waals surface area contributed by atoms with Crippen LogP contribution in [-0.4, -0.2) is 23.1 Å². The van der Waals surface area contributed by atoms with E-state index in [0.717, 1.165) is 11.1 Å². The lowest BCUT2D eigenvalue weighted by Gasteiger charge is -2.10. The number of hydrogen-bond donors (Lipinski definition) is 2. The third kappa shape index (κ3) is 5.12. The second-order valence-electron chi connectivity index (χ2n) is 5.27. The molecule has 0 saturated heterocycles. The van der Waals surface area contributed by atoms with Crippen LogP contribution in [-0.2, 0) is 4.79 Å². The second-order valence-corrected chi connectivity index (χ2v) is 5.68. The van der Waals surface area contributed by atoms with Crippen LogP contribution in [0.2, 0.25) is 0 Å². The molecule has 0 aliphatic carbocycles. The molecule has 0 atom stereocenters. The lowest BCUT2D eigenvalue weighted by molar-refractivity contribution is -0.384. The van der Waals surface area contributed by atoms with Crippen molar-refractivity contribution < 1.29 is 14.5 Å². The Morgan fingerprint density at radius 3 is 2.69 bits per heavy atom. The van der Waals surface area contributed by atoms with E-state index >= 15 is 0 Å². The van der Waals surface area contributed by atoms with Crippen molar-refractivity contribution in [1.82, 2.24) is 5.32 Å². The first-order valence-corrected chi connectivity index (χ1v) is 7.99. The Morgan fingerprint density at radius 1 is 1.27 bits per heavy atom. The maximum atomic E-state index is 12.0. The number of nitrogens with one attached hydrogen (secondary N) is 2. The number of carbonyl (C=O) groups is 1. The van der Waals surface area contributed by atoms with Crippen molar-refractivity contribution in [2.45, 2.75) is 6.92 Å². The predicted molar refractivity (Wildman–Crippen MR) is 104 cm³/mol. The Labute approximate surface area is 155 Å². The third-order valence-corrected chi connectivity index (χ3v) is 3.67. The first kappa shape index (κ1) is 19.1. The average Bonchev–Trinajstić information content (AvgIpc) is 2.61. The number of nitro groups is 1. The summed E-state index contributed by atoms with van der Waals surface area (Å²) in [6.45, 7) is 1.78. The van der Waals surface area contributed by atoms with Gasteiger partial charge in [-0.2, -0.15) is 0 Å². The maximum Gasteiger partial charge on any atom is 0.271 e. The largest absolute Gasteiger partial charge is 0.496 e. The minimum Gasteiger partial charge on any atom is -0.496 e. The molecule has 2 aromatic rings. The zero-order chi connectivity index (χ0) is 19.1. The highest BCUT2D eigenvalue weighted by atomic mass is 32.1. The van der Waals surface area contributed by atoms with Gasteiger partial charge in [0.1, 0.15) is 5.75 Å². The molecule has 1 amide bonds. The van der Waals surface area contributed by atoms with Gasteiger partial charge in [-0.25, -0.2) is 0 Å². The van der Waals surface area contributed by atoms with Gasteiger partial charge in [0.25, 0.3) is 5.69 Å². The van der Waals surface area contributed by atoms with Gasteiger partial charge >= 0.3 is 0 Å². The number of para-hydroxylation sites is 1. The highest BCUT2D eigenvalue weighted by molar-refractivity contribution is 7.80. The zero-order valence-corrected chi connectivity index (χ0v) is 15.0. The lowest BCUT2D eigenvalue weighted by Crippen LogP contribution is -2.33. The molecule has 7 nitrogen and oxygen atoms in total. The van der Waals surface area contributed by atoms with E-state index in [-0.39, 0.29) is 10.8 Å². The van der Waals surface area contributed by atoms with E-state index in [1.165, 1.54) is 18.2 Å². The number of methoxy groups -OCH3 is 1. The summed E-state index contributed by atoms with van der Waals surface area (Å²) in [7, 11) is 1.55. The minimum atomic E-state index is -0.498. The van der Waals surface area contributed by atoms with Crippen LogP contribution in [0.15, 0.2) is 48.5 Å². The molecule has 0 radical (unpaired) electrons. The number of benzene rings is 2. The molecular formula is C18H17N3O4S. The van der Waals surface area contributed by atoms with Crippen LogP contribution in [0.1, 0.15) is 11.1 Å². The van der Waals surface area contributed by atoms with Gasteiger partial charge in [-0.3, -0.25) is 20.2 Å². The van der Waals surface area contributed by atoms with E-state index < -0.39 is 10.8 Å². The SMILES string of the molecule is COc1ccccc1/C=C/C(=O)NC(=S)Nc1cc([N+](=O)[O-])ccc1C. The number of rotatable bonds is 5. The molecule has 26 heavy (non-hydrogen) atoms. The minimum absolute atomic E-state index is 0.0447. The number of ether oxygens (including phenoxy) is 1. The van der Waals surface area contributed by atoms with Crippen LogP contribution in [0.3, 0.4) is 0 Å². The smallest absolute Gasteiger partial charge is 0.271 e. The molecule has 0 heterocycles. The van der Waals surface area contributed by atoms with E-state index in [1.54, 1.807) is 32.2 Å². The van der Waals surface area contributed by atoms with Gasteiger partial charge in [-0.05, 0) is 36.8 Å². The topological polar surface area (TPSA) is 93.5 Å². The van der Waals surface area contributed by atoms with E-state index in [2.05, 4.69) is 10.6 Å². The number of amides is 1. The molecule has 0 saturated carbocycles. The van der Waals surface area contributed by atoms with Crippen molar-refractivity contribution in [2.24, 2.45) is 0 Å². The predicted octanol–water partition coefficient (Wildman–Crippen LogP) is 3.44. The Hall–Kier alpha value is -3.26. The lowest BCUT2D eigenvalue weighted by atomic mass is 10.2. The number of thiocarbonyl (C=S) groups is 1. The Kier molecular flexibility index (Phi) is 6.40. The van der Waals surface area contributed by atoms with Gasteiger partial charge in [-0.1, -0.05) is 24.3 Å². The van der Waals surface area contributed by atoms with Crippen LogP contribution in [0.25, 0.3) is 6.08 Å². The van der Waals surface area contributed by atoms with Crippen molar-refractivity contribution in [2.75, 3.05) is 12.4 Å². The summed E-state index contributed by atoms with van der Waals surface area (Å²) in [6.07, 6.45) is 2.93. The number of anilines is 1. The molecular weight excluding hydrogens is 354 g/mol. The normalized spacial score (nSPS) is 10.4. The average molecular weight is 371 g/mol. The molecule has 2 rings (SSSR count). The molecule has 0 aliphatic rings. The van der Waals surface area contributed by atoms with Gasteiger partial charge in [0.05, 0.1) is 12.0 Å². The van der Waals surface area contributed by atoms with Crippen molar-refractivity contribution in [3.8, 4) is 5.75 Å². The fraction of sp³-hybridized carbons (Fsp3) is 0.111. The standard InChI is InChI=1S/C18H17N3O4S/c1-12-7-9-14(21(23)24)11-15(12)19-18(26)20-17(22)10-8-13-5-3-4-6-16(13)25-2/h3-11H,1-2H3,(H2,19,20,22,26)/b10-8+. The summed E-state index contributed by atoms with van der Waals surface area (Å²) in [5, 5.41) is 16.2. The van der Waals surface area contributed by atoms with E-state index in [9.17, 15) is 14.9 Å². The monoisotopic (exact) mass is 371 g/mol. The summed E-state index contributed by atoms with van der Waals surface area (Å²) in [6, 6.07) is 11.6. The molecule has 0 fully saturated rings. The van der Waals surface area contributed by atoms with Crippen molar-refractivity contribution in [3.63, 3.8) is 0 Å². The summed E-state index contributed by atoms with van der Waals surface area (Å²) < 4.78 is 5.21. The number of non-ortho nitro benzene ring substituents is 1. The van der Waals surface area contributed by atoms with Crippen LogP contribution in [0.4, 0.5) is 11.4 Å². The summed E-state index contributed by atoms with van der Waals surface area (Å²) in [5.41, 5.74) is 1.90. The van der Waals surface area contributed by atoms with Gasteiger partial charge in [-0.15, -0.1) is 0 Å². The zero-order valence-electron chi connectivity index (χ0n) is 14.2. The van der Waals surface area contributed by atoms with Gasteiger partial charge in [0, 0.05) is 29.5 Å². The quantitative estimate of drug-likeness (QED) is 0.362. The highest BCUT2D eigenvalue weighted by Crippen LogP contribution is 2.22. The number of nitro benzene ring substituents is 1. The molecule has 0 unspecified atom stereocenters. The van der Waals surface area contributed by atoms with Crippen LogP contribution < -0.4 is 15.4 Å². The Morgan fingerprint density at radius 2 is 2.00 bits per heavy atom. The van der Waals surface area contributed by atoms with Crippen LogP contribution in [0, 0.1) is 17.0 Å². The first-order chi connectivity index (χ1) is 12.4. The number of carbonyl (C=O) groups excluding carboxylic acids is 1. The molecule has 134 valence electrons. The van der Waals surface area contributed by atoms with Gasteiger partial charge in [0.2, 0.25) is 5.91 Å². The van der Waals surface area contributed by atoms with Crippen molar-refractivity contribution >= 4 is 40.7 Å². The number of aryl methyl sites for hydroxylation is 1. The van der Waals surface area contributed by atoms with Crippen LogP contribution >= 0.6 is 12.2 Å². The van der Waals surface area contributed by atoms with Gasteiger partial charge < -0.3 is 10.1 Å².